The number of carboxylic acid groups (broad SMARTS) is 3. The van der Waals surface area contributed by atoms with Crippen molar-refractivity contribution in [2.24, 2.45) is 0 Å². The molecular formula is C27H51O6Rh. The zero-order valence-electron chi connectivity index (χ0n) is 22.1. The number of unbranched alkanes of at least 4 members (excludes halogenated alkanes) is 15. The molecule has 0 fully saturated rings. The van der Waals surface area contributed by atoms with Crippen LogP contribution < -0.4 is 15.3 Å². The summed E-state index contributed by atoms with van der Waals surface area (Å²) in [5, 5.41) is 29.9. The van der Waals surface area contributed by atoms with E-state index < -0.39 is 17.9 Å². The number of hydrogen-bond acceptors (Lipinski definition) is 6. The number of rotatable bonds is 21. The van der Waals surface area contributed by atoms with Crippen molar-refractivity contribution in [3.8, 4) is 0 Å². The summed E-state index contributed by atoms with van der Waals surface area (Å²) in [6.45, 7) is 6.50. The zero-order chi connectivity index (χ0) is 25.6. The Morgan fingerprint density at radius 1 is 0.382 bits per heavy atom. The van der Waals surface area contributed by atoms with Crippen LogP contribution >= 0.6 is 0 Å². The second-order valence-electron chi connectivity index (χ2n) is 8.67. The molecule has 0 spiro atoms. The van der Waals surface area contributed by atoms with Crippen molar-refractivity contribution in [2.75, 3.05) is 0 Å². The normalized spacial score (nSPS) is 9.62. The Hall–Kier alpha value is -0.967. The molecule has 0 radical (unpaired) electrons. The van der Waals surface area contributed by atoms with Crippen LogP contribution in [0.1, 0.15) is 156 Å². The van der Waals surface area contributed by atoms with Gasteiger partial charge >= 0.3 is 19.5 Å². The van der Waals surface area contributed by atoms with Gasteiger partial charge in [0, 0.05) is 17.9 Å². The van der Waals surface area contributed by atoms with E-state index in [-0.39, 0.29) is 38.7 Å². The largest absolute Gasteiger partial charge is 3.00 e. The smallest absolute Gasteiger partial charge is 0.550 e. The van der Waals surface area contributed by atoms with Crippen LogP contribution in [0.5, 0.6) is 0 Å². The zero-order valence-corrected chi connectivity index (χ0v) is 23.8. The van der Waals surface area contributed by atoms with Crippen molar-refractivity contribution in [3.63, 3.8) is 0 Å². The van der Waals surface area contributed by atoms with Crippen LogP contribution in [0.4, 0.5) is 0 Å². The van der Waals surface area contributed by atoms with Gasteiger partial charge in [0.05, 0.1) is 0 Å². The van der Waals surface area contributed by atoms with Crippen LogP contribution in [0.2, 0.25) is 0 Å². The Morgan fingerprint density at radius 3 is 0.735 bits per heavy atom. The van der Waals surface area contributed by atoms with Gasteiger partial charge in [-0.3, -0.25) is 0 Å². The van der Waals surface area contributed by atoms with Crippen molar-refractivity contribution >= 4 is 17.9 Å². The fraction of sp³-hybridized carbons (Fsp3) is 0.889. The second-order valence-corrected chi connectivity index (χ2v) is 8.67. The summed E-state index contributed by atoms with van der Waals surface area (Å²) in [6, 6.07) is 0. The molecule has 0 aromatic rings. The minimum absolute atomic E-state index is 0. The fourth-order valence-electron chi connectivity index (χ4n) is 3.15. The molecule has 0 atom stereocenters. The topological polar surface area (TPSA) is 120 Å². The molecule has 0 aliphatic heterocycles. The van der Waals surface area contributed by atoms with Gasteiger partial charge in [0.15, 0.2) is 0 Å². The van der Waals surface area contributed by atoms with Crippen molar-refractivity contribution < 1.29 is 49.2 Å². The number of carbonyl (C=O) groups is 3. The molecule has 7 heteroatoms. The number of hydrogen-bond donors (Lipinski definition) is 0. The SMILES string of the molecule is CCCCCCCCC(=O)[O-].CCCCCCCCC(=O)[O-].CCCCCCCCC(=O)[O-].[Rh+3]. The molecule has 0 N–H and O–H groups in total. The van der Waals surface area contributed by atoms with Gasteiger partial charge in [-0.15, -0.1) is 0 Å². The van der Waals surface area contributed by atoms with Gasteiger partial charge in [-0.25, -0.2) is 0 Å². The second kappa shape index (κ2) is 36.6. The standard InChI is InChI=1S/3C9H18O2.Rh/c3*1-2-3-4-5-6-7-8-9(10)11;/h3*2-8H2,1H3,(H,10,11);/q;;;+3/p-3. The average Bonchev–Trinajstić information content (AvgIpc) is 2.76. The van der Waals surface area contributed by atoms with E-state index in [1.165, 1.54) is 77.0 Å². The minimum atomic E-state index is -0.916. The van der Waals surface area contributed by atoms with Gasteiger partial charge < -0.3 is 29.7 Å². The first kappa shape index (κ1) is 40.2. The van der Waals surface area contributed by atoms with Gasteiger partial charge in [0.25, 0.3) is 0 Å². The molecule has 0 bridgehead atoms. The van der Waals surface area contributed by atoms with E-state index in [1.54, 1.807) is 0 Å². The van der Waals surface area contributed by atoms with E-state index in [1.807, 2.05) is 0 Å². The molecule has 0 aliphatic carbocycles. The molecule has 204 valence electrons. The fourth-order valence-corrected chi connectivity index (χ4v) is 3.15. The van der Waals surface area contributed by atoms with Crippen molar-refractivity contribution in [2.45, 2.75) is 156 Å². The maximum absolute atomic E-state index is 9.98. The summed E-state index contributed by atoms with van der Waals surface area (Å²) in [4.78, 5) is 29.9. The van der Waals surface area contributed by atoms with Gasteiger partial charge in [0.1, 0.15) is 0 Å². The van der Waals surface area contributed by atoms with Crippen molar-refractivity contribution in [1.82, 2.24) is 0 Å². The van der Waals surface area contributed by atoms with Gasteiger partial charge in [0.2, 0.25) is 0 Å². The summed E-state index contributed by atoms with van der Waals surface area (Å²) in [7, 11) is 0. The molecule has 0 saturated carbocycles. The third-order valence-electron chi connectivity index (χ3n) is 5.20. The first-order chi connectivity index (χ1) is 15.8. The average molecular weight is 575 g/mol. The molecular weight excluding hydrogens is 523 g/mol. The summed E-state index contributed by atoms with van der Waals surface area (Å²) in [5.74, 6) is -2.75. The Labute approximate surface area is 222 Å². The van der Waals surface area contributed by atoms with Crippen LogP contribution in [0.15, 0.2) is 0 Å². The van der Waals surface area contributed by atoms with E-state index in [9.17, 15) is 29.7 Å². The van der Waals surface area contributed by atoms with E-state index in [0.717, 1.165) is 38.5 Å². The molecule has 0 aliphatic rings. The quantitative estimate of drug-likeness (QED) is 0.148. The molecule has 0 amide bonds. The van der Waals surface area contributed by atoms with Crippen molar-refractivity contribution in [1.29, 1.82) is 0 Å². The molecule has 0 unspecified atom stereocenters. The number of carboxylic acids is 3. The molecule has 0 heterocycles. The first-order valence-corrected chi connectivity index (χ1v) is 13.4. The molecule has 0 aromatic carbocycles. The van der Waals surface area contributed by atoms with E-state index >= 15 is 0 Å². The minimum Gasteiger partial charge on any atom is -0.550 e. The number of aliphatic carboxylic acids is 3. The third-order valence-corrected chi connectivity index (χ3v) is 5.20. The van der Waals surface area contributed by atoms with Gasteiger partial charge in [-0.2, -0.15) is 0 Å². The van der Waals surface area contributed by atoms with Crippen LogP contribution in [-0.4, -0.2) is 17.9 Å². The first-order valence-electron chi connectivity index (χ1n) is 13.4. The van der Waals surface area contributed by atoms with Crippen LogP contribution in [0.3, 0.4) is 0 Å². The maximum Gasteiger partial charge on any atom is 3.00 e. The monoisotopic (exact) mass is 574 g/mol. The molecule has 0 aromatic heterocycles. The van der Waals surface area contributed by atoms with Gasteiger partial charge in [-0.05, 0) is 38.5 Å². The number of carbonyl (C=O) groups excluding carboxylic acids is 3. The van der Waals surface area contributed by atoms with Crippen LogP contribution in [0, 0.1) is 0 Å². The Bertz CT molecular complexity index is 368. The Kier molecular flexibility index (Phi) is 43.3. The summed E-state index contributed by atoms with van der Waals surface area (Å²) in [6.07, 6.45) is 20.9. The molecule has 0 saturated heterocycles. The van der Waals surface area contributed by atoms with Crippen molar-refractivity contribution in [3.05, 3.63) is 0 Å². The predicted octanol–water partition coefficient (Wildman–Crippen LogP) is 4.46. The van der Waals surface area contributed by atoms with Gasteiger partial charge in [-0.1, -0.05) is 117 Å². The summed E-state index contributed by atoms with van der Waals surface area (Å²) in [5.41, 5.74) is 0. The molecule has 34 heavy (non-hydrogen) atoms. The molecule has 6 nitrogen and oxygen atoms in total. The Morgan fingerprint density at radius 2 is 0.559 bits per heavy atom. The van der Waals surface area contributed by atoms with Crippen LogP contribution in [-0.2, 0) is 33.9 Å². The molecule has 0 rings (SSSR count). The maximum atomic E-state index is 9.98. The van der Waals surface area contributed by atoms with Crippen LogP contribution in [0.25, 0.3) is 0 Å². The third kappa shape index (κ3) is 52.8. The summed E-state index contributed by atoms with van der Waals surface area (Å²) >= 11 is 0. The summed E-state index contributed by atoms with van der Waals surface area (Å²) < 4.78 is 0. The van der Waals surface area contributed by atoms with E-state index in [4.69, 9.17) is 0 Å². The Balaban J connectivity index is -0.000000196. The predicted molar refractivity (Wildman–Crippen MR) is 129 cm³/mol. The van der Waals surface area contributed by atoms with E-state index in [2.05, 4.69) is 20.8 Å². The van der Waals surface area contributed by atoms with E-state index in [0.29, 0.717) is 0 Å².